The van der Waals surface area contributed by atoms with Gasteiger partial charge in [0.25, 0.3) is 0 Å². The molecule has 27 heavy (non-hydrogen) atoms. The third-order valence-corrected chi connectivity index (χ3v) is 5.50. The Kier molecular flexibility index (Phi) is 6.40. The largest absolute Gasteiger partial charge is 0.508 e. The van der Waals surface area contributed by atoms with Crippen LogP contribution in [0.3, 0.4) is 0 Å². The zero-order valence-electron chi connectivity index (χ0n) is 16.0. The van der Waals surface area contributed by atoms with Crippen LogP contribution in [0.25, 0.3) is 0 Å². The normalized spacial score (nSPS) is 16.8. The first kappa shape index (κ1) is 19.7. The van der Waals surface area contributed by atoms with Gasteiger partial charge in [0.15, 0.2) is 0 Å². The number of rotatable bonds is 6. The number of phenolic OH excluding ortho intramolecular Hbond substituents is 1. The number of carbonyl (C=O) groups excluding carboxylic acids is 1. The van der Waals surface area contributed by atoms with Crippen LogP contribution in [0, 0.1) is 0 Å². The van der Waals surface area contributed by atoms with Crippen molar-refractivity contribution < 1.29 is 9.90 Å². The number of amides is 1. The van der Waals surface area contributed by atoms with Crippen molar-refractivity contribution in [3.63, 3.8) is 0 Å². The molecule has 0 spiro atoms. The monoisotopic (exact) mass is 386 g/mol. The fourth-order valence-corrected chi connectivity index (χ4v) is 3.84. The summed E-state index contributed by atoms with van der Waals surface area (Å²) >= 11 is 6.12. The molecule has 0 saturated heterocycles. The topological polar surface area (TPSA) is 43.8 Å². The van der Waals surface area contributed by atoms with Crippen LogP contribution in [0.5, 0.6) is 5.75 Å². The fourth-order valence-electron chi connectivity index (χ4n) is 3.65. The number of hydrogen-bond donors (Lipinski definition) is 1. The minimum absolute atomic E-state index is 0.138. The molecule has 1 atom stereocenters. The number of halogens is 1. The van der Waals surface area contributed by atoms with E-state index in [0.717, 1.165) is 24.9 Å². The molecule has 1 N–H and O–H groups in total. The van der Waals surface area contributed by atoms with Crippen LogP contribution in [0.1, 0.15) is 36.5 Å². The van der Waals surface area contributed by atoms with Gasteiger partial charge in [-0.15, -0.1) is 0 Å². The van der Waals surface area contributed by atoms with Gasteiger partial charge in [0, 0.05) is 37.3 Å². The highest BCUT2D eigenvalue weighted by Gasteiger charge is 2.33. The third kappa shape index (κ3) is 4.63. The van der Waals surface area contributed by atoms with Gasteiger partial charge in [-0.05, 0) is 42.2 Å². The summed E-state index contributed by atoms with van der Waals surface area (Å²) in [6.45, 7) is 4.06. The average Bonchev–Trinajstić information content (AvgIpc) is 2.67. The standard InChI is InChI=1S/C22H27ClN2O2/c1-3-4-11-24(2)22(27)20-13-16-7-5-6-8-17(16)14-25(20)15-18-12-19(23)9-10-21(18)26/h5-10,12,20,26H,3-4,11,13-15H2,1-2H3. The molecule has 1 aliphatic heterocycles. The highest BCUT2D eigenvalue weighted by atomic mass is 35.5. The lowest BCUT2D eigenvalue weighted by molar-refractivity contribution is -0.136. The van der Waals surface area contributed by atoms with Crippen molar-refractivity contribution in [3.05, 3.63) is 64.2 Å². The van der Waals surface area contributed by atoms with Crippen molar-refractivity contribution in [2.75, 3.05) is 13.6 Å². The SMILES string of the molecule is CCCCN(C)C(=O)C1Cc2ccccc2CN1Cc1cc(Cl)ccc1O. The molecule has 0 saturated carbocycles. The van der Waals surface area contributed by atoms with Crippen LogP contribution in [0.15, 0.2) is 42.5 Å². The highest BCUT2D eigenvalue weighted by molar-refractivity contribution is 6.30. The summed E-state index contributed by atoms with van der Waals surface area (Å²) in [7, 11) is 1.88. The van der Waals surface area contributed by atoms with E-state index in [9.17, 15) is 9.90 Å². The van der Waals surface area contributed by atoms with Crippen LogP contribution in [0.2, 0.25) is 5.02 Å². The number of likely N-dealkylation sites (N-methyl/N-ethyl adjacent to an activating group) is 1. The van der Waals surface area contributed by atoms with Crippen LogP contribution in [-0.4, -0.2) is 40.4 Å². The molecule has 1 heterocycles. The Morgan fingerprint density at radius 3 is 2.74 bits per heavy atom. The molecule has 2 aromatic carbocycles. The number of fused-ring (bicyclic) bond motifs is 1. The summed E-state index contributed by atoms with van der Waals surface area (Å²) in [6, 6.07) is 13.1. The molecule has 0 fully saturated rings. The summed E-state index contributed by atoms with van der Waals surface area (Å²) in [6.07, 6.45) is 2.75. The Hall–Kier alpha value is -2.04. The maximum Gasteiger partial charge on any atom is 0.240 e. The number of aromatic hydroxyl groups is 1. The van der Waals surface area contributed by atoms with Crippen molar-refractivity contribution in [1.29, 1.82) is 0 Å². The number of nitrogens with zero attached hydrogens (tertiary/aromatic N) is 2. The molecule has 5 heteroatoms. The molecule has 0 radical (unpaired) electrons. The maximum absolute atomic E-state index is 13.2. The van der Waals surface area contributed by atoms with E-state index in [4.69, 9.17) is 11.6 Å². The van der Waals surface area contributed by atoms with E-state index in [-0.39, 0.29) is 17.7 Å². The summed E-state index contributed by atoms with van der Waals surface area (Å²) in [5.41, 5.74) is 3.21. The number of unbranched alkanes of at least 4 members (excludes halogenated alkanes) is 1. The van der Waals surface area contributed by atoms with Crippen molar-refractivity contribution in [2.45, 2.75) is 45.3 Å². The lowest BCUT2D eigenvalue weighted by atomic mass is 9.92. The molecule has 0 aliphatic carbocycles. The second-order valence-corrected chi connectivity index (χ2v) is 7.72. The van der Waals surface area contributed by atoms with Crippen molar-refractivity contribution in [2.24, 2.45) is 0 Å². The Morgan fingerprint density at radius 2 is 2.00 bits per heavy atom. The maximum atomic E-state index is 13.2. The molecule has 0 aromatic heterocycles. The molecule has 3 rings (SSSR count). The molecular formula is C22H27ClN2O2. The second kappa shape index (κ2) is 8.77. The first-order chi connectivity index (χ1) is 13.0. The van der Waals surface area contributed by atoms with Crippen LogP contribution < -0.4 is 0 Å². The molecular weight excluding hydrogens is 360 g/mol. The van der Waals surface area contributed by atoms with E-state index in [2.05, 4.69) is 24.0 Å². The molecule has 1 amide bonds. The number of benzene rings is 2. The van der Waals surface area contributed by atoms with Crippen molar-refractivity contribution >= 4 is 17.5 Å². The average molecular weight is 387 g/mol. The van der Waals surface area contributed by atoms with Crippen molar-refractivity contribution in [1.82, 2.24) is 9.80 Å². The predicted octanol–water partition coefficient (Wildman–Crippen LogP) is 4.23. The Bertz CT molecular complexity index is 809. The van der Waals surface area contributed by atoms with E-state index < -0.39 is 0 Å². The fraction of sp³-hybridized carbons (Fsp3) is 0.409. The van der Waals surface area contributed by atoms with E-state index in [0.29, 0.717) is 24.5 Å². The minimum Gasteiger partial charge on any atom is -0.508 e. The van der Waals surface area contributed by atoms with Gasteiger partial charge in [0.2, 0.25) is 5.91 Å². The second-order valence-electron chi connectivity index (χ2n) is 7.28. The number of phenols is 1. The predicted molar refractivity (Wildman–Crippen MR) is 109 cm³/mol. The first-order valence-corrected chi connectivity index (χ1v) is 9.90. The van der Waals surface area contributed by atoms with Gasteiger partial charge in [-0.1, -0.05) is 49.2 Å². The zero-order valence-corrected chi connectivity index (χ0v) is 16.7. The van der Waals surface area contributed by atoms with E-state index >= 15 is 0 Å². The summed E-state index contributed by atoms with van der Waals surface area (Å²) in [5, 5.41) is 10.8. The van der Waals surface area contributed by atoms with Gasteiger partial charge < -0.3 is 10.0 Å². The van der Waals surface area contributed by atoms with Gasteiger partial charge in [-0.3, -0.25) is 9.69 Å². The summed E-state index contributed by atoms with van der Waals surface area (Å²) in [5.74, 6) is 0.350. The molecule has 1 unspecified atom stereocenters. The lowest BCUT2D eigenvalue weighted by Gasteiger charge is -2.38. The van der Waals surface area contributed by atoms with E-state index in [1.54, 1.807) is 18.2 Å². The Morgan fingerprint density at radius 1 is 1.26 bits per heavy atom. The van der Waals surface area contributed by atoms with Crippen LogP contribution in [-0.2, 0) is 24.3 Å². The Labute approximate surface area is 166 Å². The molecule has 4 nitrogen and oxygen atoms in total. The smallest absolute Gasteiger partial charge is 0.240 e. The minimum atomic E-state index is -0.236. The van der Waals surface area contributed by atoms with Gasteiger partial charge >= 0.3 is 0 Å². The highest BCUT2D eigenvalue weighted by Crippen LogP contribution is 2.29. The van der Waals surface area contributed by atoms with Gasteiger partial charge in [0.05, 0.1) is 6.04 Å². The molecule has 2 aromatic rings. The molecule has 1 aliphatic rings. The zero-order chi connectivity index (χ0) is 19.4. The number of hydrogen-bond acceptors (Lipinski definition) is 3. The summed E-state index contributed by atoms with van der Waals surface area (Å²) < 4.78 is 0. The van der Waals surface area contributed by atoms with Crippen LogP contribution >= 0.6 is 11.6 Å². The van der Waals surface area contributed by atoms with E-state index in [1.807, 2.05) is 24.1 Å². The first-order valence-electron chi connectivity index (χ1n) is 9.52. The Balaban J connectivity index is 1.87. The quantitative estimate of drug-likeness (QED) is 0.807. The van der Waals surface area contributed by atoms with Gasteiger partial charge in [-0.25, -0.2) is 0 Å². The van der Waals surface area contributed by atoms with Gasteiger partial charge in [-0.2, -0.15) is 0 Å². The number of carbonyl (C=O) groups is 1. The summed E-state index contributed by atoms with van der Waals surface area (Å²) in [4.78, 5) is 17.2. The van der Waals surface area contributed by atoms with Gasteiger partial charge in [0.1, 0.15) is 5.75 Å². The van der Waals surface area contributed by atoms with E-state index in [1.165, 1.54) is 11.1 Å². The molecule has 144 valence electrons. The lowest BCUT2D eigenvalue weighted by Crippen LogP contribution is -2.50. The third-order valence-electron chi connectivity index (χ3n) is 5.27. The van der Waals surface area contributed by atoms with Crippen molar-refractivity contribution in [3.8, 4) is 5.75 Å². The van der Waals surface area contributed by atoms with Crippen LogP contribution in [0.4, 0.5) is 0 Å². The molecule has 0 bridgehead atoms.